The summed E-state index contributed by atoms with van der Waals surface area (Å²) < 4.78 is 5.28. The molecule has 6 heteroatoms. The van der Waals surface area contributed by atoms with Gasteiger partial charge in [-0.15, -0.1) is 11.3 Å². The molecule has 0 unspecified atom stereocenters. The third-order valence-electron chi connectivity index (χ3n) is 5.24. The lowest BCUT2D eigenvalue weighted by molar-refractivity contribution is 0.0959. The molecular weight excluding hydrogens is 418 g/mol. The standard InChI is InChI=1S/C26H19N3O2S/c1-31-20-11-8-18(9-12-20)23-15-19(16-27-29-26(30)24-7-4-14-32-24)22-13-10-17-5-2-3-6-21(17)25(22)28-23/h2-16H,1H3,(H,29,30)/b27-16+. The first kappa shape index (κ1) is 19.9. The van der Waals surface area contributed by atoms with Crippen LogP contribution in [0, 0.1) is 0 Å². The van der Waals surface area contributed by atoms with Crippen molar-refractivity contribution >= 4 is 45.1 Å². The summed E-state index contributed by atoms with van der Waals surface area (Å²) in [5.41, 5.74) is 6.17. The Morgan fingerprint density at radius 2 is 1.84 bits per heavy atom. The number of ether oxygens (including phenoxy) is 1. The lowest BCUT2D eigenvalue weighted by Gasteiger charge is -2.10. The molecule has 2 heterocycles. The van der Waals surface area contributed by atoms with Gasteiger partial charge in [-0.25, -0.2) is 10.4 Å². The van der Waals surface area contributed by atoms with Gasteiger partial charge in [0.15, 0.2) is 0 Å². The number of aromatic nitrogens is 1. The SMILES string of the molecule is COc1ccc(-c2cc(/C=N/NC(=O)c3cccs3)c3ccc4ccccc4c3n2)cc1. The lowest BCUT2D eigenvalue weighted by atomic mass is 10.0. The van der Waals surface area contributed by atoms with Gasteiger partial charge in [0.25, 0.3) is 5.91 Å². The van der Waals surface area contributed by atoms with Gasteiger partial charge in [-0.1, -0.05) is 42.5 Å². The fourth-order valence-electron chi connectivity index (χ4n) is 3.63. The molecule has 1 amide bonds. The number of carbonyl (C=O) groups excluding carboxylic acids is 1. The van der Waals surface area contributed by atoms with E-state index in [1.54, 1.807) is 19.4 Å². The Labute approximate surface area is 189 Å². The Morgan fingerprint density at radius 3 is 2.62 bits per heavy atom. The van der Waals surface area contributed by atoms with Gasteiger partial charge in [-0.2, -0.15) is 5.10 Å². The second-order valence-corrected chi connectivity index (χ2v) is 8.13. The van der Waals surface area contributed by atoms with Gasteiger partial charge in [0.2, 0.25) is 0 Å². The number of hydrogen-bond acceptors (Lipinski definition) is 5. The van der Waals surface area contributed by atoms with Crippen LogP contribution in [-0.4, -0.2) is 24.2 Å². The topological polar surface area (TPSA) is 63.6 Å². The van der Waals surface area contributed by atoms with Gasteiger partial charge in [0.1, 0.15) is 5.75 Å². The highest BCUT2D eigenvalue weighted by Gasteiger charge is 2.10. The number of carbonyl (C=O) groups is 1. The van der Waals surface area contributed by atoms with Crippen LogP contribution in [0.1, 0.15) is 15.2 Å². The van der Waals surface area contributed by atoms with Crippen LogP contribution in [0.15, 0.2) is 89.3 Å². The monoisotopic (exact) mass is 437 g/mol. The van der Waals surface area contributed by atoms with Gasteiger partial charge in [0.05, 0.1) is 29.4 Å². The van der Waals surface area contributed by atoms with Gasteiger partial charge < -0.3 is 4.74 Å². The van der Waals surface area contributed by atoms with E-state index >= 15 is 0 Å². The molecule has 0 aliphatic carbocycles. The van der Waals surface area contributed by atoms with Crippen molar-refractivity contribution < 1.29 is 9.53 Å². The van der Waals surface area contributed by atoms with Crippen LogP contribution in [0.2, 0.25) is 0 Å². The molecule has 0 aliphatic heterocycles. The van der Waals surface area contributed by atoms with E-state index in [-0.39, 0.29) is 5.91 Å². The van der Waals surface area contributed by atoms with Crippen LogP contribution in [0.25, 0.3) is 32.9 Å². The first-order chi connectivity index (χ1) is 15.7. The molecule has 0 radical (unpaired) electrons. The molecule has 0 aliphatic rings. The van der Waals surface area contributed by atoms with E-state index in [2.05, 4.69) is 28.7 Å². The van der Waals surface area contributed by atoms with Crippen molar-refractivity contribution in [3.63, 3.8) is 0 Å². The maximum Gasteiger partial charge on any atom is 0.281 e. The minimum atomic E-state index is -0.226. The van der Waals surface area contributed by atoms with Crippen molar-refractivity contribution in [1.82, 2.24) is 10.4 Å². The molecule has 5 nitrogen and oxygen atoms in total. The van der Waals surface area contributed by atoms with Gasteiger partial charge in [-0.05, 0) is 47.2 Å². The molecular formula is C26H19N3O2S. The van der Waals surface area contributed by atoms with E-state index in [1.165, 1.54) is 11.3 Å². The summed E-state index contributed by atoms with van der Waals surface area (Å²) in [6, 6.07) is 25.7. The highest BCUT2D eigenvalue weighted by atomic mass is 32.1. The number of hydrogen-bond donors (Lipinski definition) is 1. The highest BCUT2D eigenvalue weighted by molar-refractivity contribution is 7.12. The molecule has 0 spiro atoms. The third kappa shape index (κ3) is 3.84. The molecule has 2 aromatic heterocycles. The second kappa shape index (κ2) is 8.61. The number of thiophene rings is 1. The van der Waals surface area contributed by atoms with E-state index in [0.29, 0.717) is 4.88 Å². The number of nitrogens with zero attached hydrogens (tertiary/aromatic N) is 2. The van der Waals surface area contributed by atoms with Crippen molar-refractivity contribution in [3.05, 3.63) is 94.7 Å². The maximum atomic E-state index is 12.2. The molecule has 0 saturated heterocycles. The van der Waals surface area contributed by atoms with Crippen molar-refractivity contribution in [3.8, 4) is 17.0 Å². The maximum absolute atomic E-state index is 12.2. The summed E-state index contributed by atoms with van der Waals surface area (Å²) in [6.07, 6.45) is 1.68. The predicted octanol–water partition coefficient (Wildman–Crippen LogP) is 5.89. The number of nitrogens with one attached hydrogen (secondary N) is 1. The molecule has 0 atom stereocenters. The van der Waals surface area contributed by atoms with Gasteiger partial charge >= 0.3 is 0 Å². The molecule has 0 fully saturated rings. The van der Waals surface area contributed by atoms with Crippen LogP contribution in [0.4, 0.5) is 0 Å². The summed E-state index contributed by atoms with van der Waals surface area (Å²) >= 11 is 1.38. The molecule has 0 bridgehead atoms. The zero-order chi connectivity index (χ0) is 21.9. The Kier molecular flexibility index (Phi) is 5.35. The van der Waals surface area contributed by atoms with E-state index in [1.807, 2.05) is 60.0 Å². The largest absolute Gasteiger partial charge is 0.497 e. The summed E-state index contributed by atoms with van der Waals surface area (Å²) in [6.45, 7) is 0. The van der Waals surface area contributed by atoms with E-state index in [4.69, 9.17) is 9.72 Å². The zero-order valence-corrected chi connectivity index (χ0v) is 18.1. The van der Waals surface area contributed by atoms with Crippen molar-refractivity contribution in [2.45, 2.75) is 0 Å². The summed E-state index contributed by atoms with van der Waals surface area (Å²) in [5, 5.41) is 9.24. The average molecular weight is 438 g/mol. The van der Waals surface area contributed by atoms with E-state index < -0.39 is 0 Å². The first-order valence-corrected chi connectivity index (χ1v) is 10.9. The fourth-order valence-corrected chi connectivity index (χ4v) is 4.24. The van der Waals surface area contributed by atoms with Gasteiger partial charge in [-0.3, -0.25) is 4.79 Å². The summed E-state index contributed by atoms with van der Waals surface area (Å²) in [5.74, 6) is 0.563. The molecule has 5 aromatic rings. The molecule has 3 aromatic carbocycles. The van der Waals surface area contributed by atoms with Crippen molar-refractivity contribution in [1.29, 1.82) is 0 Å². The van der Waals surface area contributed by atoms with Crippen molar-refractivity contribution in [2.75, 3.05) is 7.11 Å². The predicted molar refractivity (Wildman–Crippen MR) is 131 cm³/mol. The zero-order valence-electron chi connectivity index (χ0n) is 17.3. The quantitative estimate of drug-likeness (QED) is 0.212. The normalized spacial score (nSPS) is 11.3. The Bertz CT molecular complexity index is 1440. The van der Waals surface area contributed by atoms with Crippen LogP contribution in [-0.2, 0) is 0 Å². The smallest absolute Gasteiger partial charge is 0.281 e. The fraction of sp³-hybridized carbons (Fsp3) is 0.0385. The van der Waals surface area contributed by atoms with E-state index in [0.717, 1.165) is 44.2 Å². The number of hydrazone groups is 1. The van der Waals surface area contributed by atoms with E-state index in [9.17, 15) is 4.79 Å². The minimum absolute atomic E-state index is 0.226. The van der Waals surface area contributed by atoms with Crippen LogP contribution in [0.3, 0.4) is 0 Å². The molecule has 156 valence electrons. The lowest BCUT2D eigenvalue weighted by Crippen LogP contribution is -2.16. The Morgan fingerprint density at radius 1 is 1.00 bits per heavy atom. The minimum Gasteiger partial charge on any atom is -0.497 e. The van der Waals surface area contributed by atoms with Crippen LogP contribution < -0.4 is 10.2 Å². The van der Waals surface area contributed by atoms with Gasteiger partial charge in [0, 0.05) is 21.9 Å². The number of rotatable bonds is 5. The number of benzene rings is 3. The Balaban J connectivity index is 1.61. The molecule has 1 N–H and O–H groups in total. The van der Waals surface area contributed by atoms with Crippen LogP contribution in [0.5, 0.6) is 5.75 Å². The number of methoxy groups -OCH3 is 1. The number of pyridine rings is 1. The van der Waals surface area contributed by atoms with Crippen LogP contribution >= 0.6 is 11.3 Å². The highest BCUT2D eigenvalue weighted by Crippen LogP contribution is 2.30. The molecule has 5 rings (SSSR count). The number of amides is 1. The second-order valence-electron chi connectivity index (χ2n) is 7.18. The van der Waals surface area contributed by atoms with Crippen molar-refractivity contribution in [2.24, 2.45) is 5.10 Å². The third-order valence-corrected chi connectivity index (χ3v) is 6.11. The summed E-state index contributed by atoms with van der Waals surface area (Å²) in [4.78, 5) is 17.8. The Hall–Kier alpha value is -4.03. The average Bonchev–Trinajstić information content (AvgIpc) is 3.39. The molecule has 0 saturated carbocycles. The molecule has 32 heavy (non-hydrogen) atoms. The first-order valence-electron chi connectivity index (χ1n) is 10.1. The summed E-state index contributed by atoms with van der Waals surface area (Å²) in [7, 11) is 1.65. The number of fused-ring (bicyclic) bond motifs is 3.